The molecule has 0 bridgehead atoms. The molecule has 5 heteroatoms. The average Bonchev–Trinajstić information content (AvgIpc) is 2.94. The maximum absolute atomic E-state index is 6.08. The number of benzene rings is 1. The van der Waals surface area contributed by atoms with E-state index in [4.69, 9.17) is 16.3 Å². The lowest BCUT2D eigenvalue weighted by Gasteiger charge is -2.27. The fourth-order valence-corrected chi connectivity index (χ4v) is 2.74. The third kappa shape index (κ3) is 5.13. The van der Waals surface area contributed by atoms with Crippen molar-refractivity contribution in [3.63, 3.8) is 0 Å². The molecule has 0 saturated carbocycles. The molecule has 1 N–H and O–H groups in total. The topological polar surface area (TPSA) is 24.5 Å². The molecule has 1 saturated heterocycles. The number of rotatable bonds is 7. The summed E-state index contributed by atoms with van der Waals surface area (Å²) in [5.74, 6) is 0.783. The number of halogens is 2. The number of hydrogen-bond donors (Lipinski definition) is 1. The Morgan fingerprint density at radius 2 is 2.15 bits per heavy atom. The van der Waals surface area contributed by atoms with E-state index in [1.807, 2.05) is 24.3 Å². The van der Waals surface area contributed by atoms with Gasteiger partial charge in [0.25, 0.3) is 0 Å². The highest BCUT2D eigenvalue weighted by Crippen LogP contribution is 2.23. The van der Waals surface area contributed by atoms with Crippen LogP contribution in [-0.4, -0.2) is 43.7 Å². The Kier molecular flexibility index (Phi) is 8.31. The van der Waals surface area contributed by atoms with Crippen molar-refractivity contribution in [2.75, 3.05) is 32.8 Å². The zero-order chi connectivity index (χ0) is 13.5. The van der Waals surface area contributed by atoms with E-state index in [1.165, 1.54) is 12.8 Å². The maximum Gasteiger partial charge on any atom is 0.137 e. The lowest BCUT2D eigenvalue weighted by Crippen LogP contribution is -2.40. The summed E-state index contributed by atoms with van der Waals surface area (Å²) in [7, 11) is 0. The normalized spacial score (nSPS) is 18.1. The van der Waals surface area contributed by atoms with Crippen molar-refractivity contribution in [1.82, 2.24) is 10.2 Å². The van der Waals surface area contributed by atoms with Crippen LogP contribution in [0.1, 0.15) is 19.8 Å². The van der Waals surface area contributed by atoms with Gasteiger partial charge in [0.1, 0.15) is 12.4 Å². The molecule has 20 heavy (non-hydrogen) atoms. The van der Waals surface area contributed by atoms with Gasteiger partial charge in [-0.2, -0.15) is 0 Å². The summed E-state index contributed by atoms with van der Waals surface area (Å²) in [6.45, 7) is 7.26. The van der Waals surface area contributed by atoms with Crippen LogP contribution in [0.2, 0.25) is 5.02 Å². The molecule has 0 aromatic heterocycles. The van der Waals surface area contributed by atoms with Crippen LogP contribution in [0.5, 0.6) is 5.75 Å². The van der Waals surface area contributed by atoms with E-state index in [-0.39, 0.29) is 12.4 Å². The van der Waals surface area contributed by atoms with Gasteiger partial charge in [0.05, 0.1) is 5.02 Å². The molecule has 3 nitrogen and oxygen atoms in total. The van der Waals surface area contributed by atoms with Crippen molar-refractivity contribution in [3.05, 3.63) is 29.3 Å². The Morgan fingerprint density at radius 1 is 1.35 bits per heavy atom. The van der Waals surface area contributed by atoms with Gasteiger partial charge in [-0.3, -0.25) is 4.90 Å². The fraction of sp³-hybridized carbons (Fsp3) is 0.600. The molecule has 0 aliphatic carbocycles. The van der Waals surface area contributed by atoms with E-state index in [9.17, 15) is 0 Å². The highest BCUT2D eigenvalue weighted by Gasteiger charge is 2.21. The number of nitrogens with one attached hydrogen (secondary N) is 1. The second kappa shape index (κ2) is 9.46. The third-order valence-electron chi connectivity index (χ3n) is 3.53. The van der Waals surface area contributed by atoms with Crippen molar-refractivity contribution in [3.8, 4) is 5.75 Å². The minimum atomic E-state index is 0. The summed E-state index contributed by atoms with van der Waals surface area (Å²) in [6, 6.07) is 8.31. The van der Waals surface area contributed by atoms with E-state index in [2.05, 4.69) is 17.1 Å². The van der Waals surface area contributed by atoms with Crippen LogP contribution in [0.3, 0.4) is 0 Å². The predicted octanol–water partition coefficient (Wildman–Crippen LogP) is 3.21. The summed E-state index contributed by atoms with van der Waals surface area (Å²) in [4.78, 5) is 2.52. The average molecular weight is 319 g/mol. The van der Waals surface area contributed by atoms with Crippen LogP contribution in [-0.2, 0) is 0 Å². The van der Waals surface area contributed by atoms with Crippen LogP contribution in [0, 0.1) is 0 Å². The second-order valence-electron chi connectivity index (χ2n) is 4.96. The van der Waals surface area contributed by atoms with E-state index < -0.39 is 0 Å². The minimum absolute atomic E-state index is 0. The molecule has 1 aliphatic rings. The van der Waals surface area contributed by atoms with Gasteiger partial charge in [-0.05, 0) is 38.1 Å². The molecule has 1 fully saturated rings. The molecule has 2 rings (SSSR count). The number of hydrogen-bond acceptors (Lipinski definition) is 3. The Labute approximate surface area is 133 Å². The van der Waals surface area contributed by atoms with Gasteiger partial charge in [0.2, 0.25) is 0 Å². The van der Waals surface area contributed by atoms with Gasteiger partial charge in [-0.15, -0.1) is 12.4 Å². The summed E-state index contributed by atoms with van der Waals surface area (Å²) < 4.78 is 5.78. The SMILES string of the molecule is CCCN(CCOc1ccccc1Cl)C1CCNC1.Cl. The Morgan fingerprint density at radius 3 is 2.80 bits per heavy atom. The number of ether oxygens (including phenoxy) is 1. The number of para-hydroxylation sites is 1. The minimum Gasteiger partial charge on any atom is -0.491 e. The largest absolute Gasteiger partial charge is 0.491 e. The van der Waals surface area contributed by atoms with Crippen LogP contribution in [0.15, 0.2) is 24.3 Å². The van der Waals surface area contributed by atoms with Crippen molar-refractivity contribution in [1.29, 1.82) is 0 Å². The molecule has 1 atom stereocenters. The molecule has 114 valence electrons. The van der Waals surface area contributed by atoms with E-state index in [0.29, 0.717) is 17.7 Å². The standard InChI is InChI=1S/C15H23ClN2O.ClH/c1-2-9-18(13-7-8-17-12-13)10-11-19-15-6-4-3-5-14(15)16;/h3-6,13,17H,2,7-12H2,1H3;1H. The molecule has 1 heterocycles. The van der Waals surface area contributed by atoms with E-state index in [1.54, 1.807) is 0 Å². The van der Waals surface area contributed by atoms with Crippen molar-refractivity contribution < 1.29 is 4.74 Å². The molecule has 1 aliphatic heterocycles. The molecule has 0 radical (unpaired) electrons. The third-order valence-corrected chi connectivity index (χ3v) is 3.85. The first kappa shape index (κ1) is 17.6. The van der Waals surface area contributed by atoms with Gasteiger partial charge < -0.3 is 10.1 Å². The summed E-state index contributed by atoms with van der Waals surface area (Å²) in [5.41, 5.74) is 0. The lowest BCUT2D eigenvalue weighted by atomic mass is 10.2. The zero-order valence-corrected chi connectivity index (χ0v) is 13.6. The van der Waals surface area contributed by atoms with E-state index >= 15 is 0 Å². The molecule has 1 aromatic carbocycles. The lowest BCUT2D eigenvalue weighted by molar-refractivity contribution is 0.167. The van der Waals surface area contributed by atoms with Crippen LogP contribution < -0.4 is 10.1 Å². The number of nitrogens with zero attached hydrogens (tertiary/aromatic N) is 1. The summed E-state index contributed by atoms with van der Waals surface area (Å²) >= 11 is 6.08. The molecule has 1 unspecified atom stereocenters. The van der Waals surface area contributed by atoms with Gasteiger partial charge >= 0.3 is 0 Å². The van der Waals surface area contributed by atoms with Gasteiger partial charge in [-0.1, -0.05) is 30.7 Å². The first-order valence-corrected chi connectivity index (χ1v) is 7.51. The Hall–Kier alpha value is -0.480. The van der Waals surface area contributed by atoms with Gasteiger partial charge in [0, 0.05) is 19.1 Å². The fourth-order valence-electron chi connectivity index (χ4n) is 2.55. The molecular weight excluding hydrogens is 295 g/mol. The van der Waals surface area contributed by atoms with Crippen LogP contribution in [0.25, 0.3) is 0 Å². The van der Waals surface area contributed by atoms with Crippen molar-refractivity contribution >= 4 is 24.0 Å². The molecule has 0 amide bonds. The molecule has 0 spiro atoms. The Balaban J connectivity index is 0.00000200. The monoisotopic (exact) mass is 318 g/mol. The van der Waals surface area contributed by atoms with Crippen LogP contribution in [0.4, 0.5) is 0 Å². The van der Waals surface area contributed by atoms with Crippen molar-refractivity contribution in [2.24, 2.45) is 0 Å². The first-order valence-electron chi connectivity index (χ1n) is 7.13. The molecule has 1 aromatic rings. The van der Waals surface area contributed by atoms with Gasteiger partial charge in [-0.25, -0.2) is 0 Å². The van der Waals surface area contributed by atoms with Gasteiger partial charge in [0.15, 0.2) is 0 Å². The second-order valence-corrected chi connectivity index (χ2v) is 5.37. The quantitative estimate of drug-likeness (QED) is 0.835. The van der Waals surface area contributed by atoms with Crippen molar-refractivity contribution in [2.45, 2.75) is 25.8 Å². The van der Waals surface area contributed by atoms with E-state index in [0.717, 1.165) is 31.9 Å². The summed E-state index contributed by atoms with van der Waals surface area (Å²) in [5, 5.41) is 4.11. The zero-order valence-electron chi connectivity index (χ0n) is 12.0. The molecular formula is C15H24Cl2N2O. The first-order chi connectivity index (χ1) is 9.31. The predicted molar refractivity (Wildman–Crippen MR) is 87.3 cm³/mol. The summed E-state index contributed by atoms with van der Waals surface area (Å²) in [6.07, 6.45) is 2.43. The highest BCUT2D eigenvalue weighted by atomic mass is 35.5. The maximum atomic E-state index is 6.08. The highest BCUT2D eigenvalue weighted by molar-refractivity contribution is 6.32. The smallest absolute Gasteiger partial charge is 0.137 e. The Bertz CT molecular complexity index is 384. The van der Waals surface area contributed by atoms with Crippen LogP contribution >= 0.6 is 24.0 Å².